The van der Waals surface area contributed by atoms with Gasteiger partial charge in [0, 0.05) is 12.0 Å². The standard InChI is InChI=1S/C20H23N3O3/c1-20(2,3)18-13(7-8-15-19(18)22-23-21-15)14-11-12(5-9-16(14)24)6-10-17(25)26-4/h5,7-9,11,24H,6,10H2,1-4H3,(H,21,22,23). The van der Waals surface area contributed by atoms with Crippen molar-refractivity contribution in [1.29, 1.82) is 0 Å². The molecule has 2 N–H and O–H groups in total. The summed E-state index contributed by atoms with van der Waals surface area (Å²) in [6, 6.07) is 9.31. The zero-order valence-electron chi connectivity index (χ0n) is 15.5. The molecule has 2 aromatic carbocycles. The molecule has 1 heterocycles. The molecule has 0 saturated carbocycles. The smallest absolute Gasteiger partial charge is 0.305 e. The molecular weight excluding hydrogens is 330 g/mol. The molecule has 3 rings (SSSR count). The molecule has 0 saturated heterocycles. The Bertz CT molecular complexity index is 955. The second-order valence-electron chi connectivity index (χ2n) is 7.37. The summed E-state index contributed by atoms with van der Waals surface area (Å²) >= 11 is 0. The van der Waals surface area contributed by atoms with Crippen molar-refractivity contribution in [3.63, 3.8) is 0 Å². The number of ether oxygens (including phenoxy) is 1. The number of benzene rings is 2. The summed E-state index contributed by atoms with van der Waals surface area (Å²) in [5, 5.41) is 21.6. The summed E-state index contributed by atoms with van der Waals surface area (Å²) in [5.74, 6) is -0.0563. The number of nitrogens with one attached hydrogen (secondary N) is 1. The Kier molecular flexibility index (Phi) is 4.68. The van der Waals surface area contributed by atoms with Gasteiger partial charge in [0.05, 0.1) is 12.6 Å². The SMILES string of the molecule is COC(=O)CCc1ccc(O)c(-c2ccc3[nH]nnc3c2C(C)(C)C)c1. The van der Waals surface area contributed by atoms with Gasteiger partial charge in [-0.15, -0.1) is 5.10 Å². The third-order valence-electron chi connectivity index (χ3n) is 4.44. The van der Waals surface area contributed by atoms with Crippen LogP contribution in [0.1, 0.15) is 38.3 Å². The maximum atomic E-state index is 11.4. The quantitative estimate of drug-likeness (QED) is 0.698. The van der Waals surface area contributed by atoms with Crippen LogP contribution in [0, 0.1) is 0 Å². The van der Waals surface area contributed by atoms with Gasteiger partial charge in [0.2, 0.25) is 0 Å². The fourth-order valence-electron chi connectivity index (χ4n) is 3.20. The number of aromatic amines is 1. The lowest BCUT2D eigenvalue weighted by Gasteiger charge is -2.24. The third kappa shape index (κ3) is 3.40. The molecular formula is C20H23N3O3. The molecule has 0 atom stereocenters. The van der Waals surface area contributed by atoms with Crippen molar-refractivity contribution in [1.82, 2.24) is 15.4 Å². The summed E-state index contributed by atoms with van der Waals surface area (Å²) < 4.78 is 4.71. The summed E-state index contributed by atoms with van der Waals surface area (Å²) in [6.45, 7) is 6.33. The number of fused-ring (bicyclic) bond motifs is 1. The first-order valence-electron chi connectivity index (χ1n) is 8.54. The topological polar surface area (TPSA) is 88.1 Å². The number of carbonyl (C=O) groups excluding carboxylic acids is 1. The number of methoxy groups -OCH3 is 1. The highest BCUT2D eigenvalue weighted by Gasteiger charge is 2.25. The second kappa shape index (κ2) is 6.78. The normalized spacial score (nSPS) is 11.7. The largest absolute Gasteiger partial charge is 0.507 e. The van der Waals surface area contributed by atoms with Gasteiger partial charge in [-0.3, -0.25) is 9.89 Å². The fraction of sp³-hybridized carbons (Fsp3) is 0.350. The van der Waals surface area contributed by atoms with Crippen molar-refractivity contribution in [3.8, 4) is 16.9 Å². The summed E-state index contributed by atoms with van der Waals surface area (Å²) in [5.41, 5.74) is 5.08. The molecule has 6 heteroatoms. The van der Waals surface area contributed by atoms with Gasteiger partial charge < -0.3 is 9.84 Å². The van der Waals surface area contributed by atoms with E-state index in [1.165, 1.54) is 7.11 Å². The number of aromatic nitrogens is 3. The highest BCUT2D eigenvalue weighted by Crippen LogP contribution is 2.40. The first kappa shape index (κ1) is 17.9. The molecule has 0 aliphatic carbocycles. The monoisotopic (exact) mass is 353 g/mol. The van der Waals surface area contributed by atoms with E-state index in [4.69, 9.17) is 4.74 Å². The predicted octanol–water partition coefficient (Wildman–Crippen LogP) is 3.73. The lowest BCUT2D eigenvalue weighted by Crippen LogP contribution is -2.14. The van der Waals surface area contributed by atoms with Crippen LogP contribution >= 0.6 is 0 Å². The van der Waals surface area contributed by atoms with E-state index in [0.29, 0.717) is 12.8 Å². The Hall–Kier alpha value is -2.89. The number of rotatable bonds is 4. The van der Waals surface area contributed by atoms with E-state index in [-0.39, 0.29) is 17.1 Å². The highest BCUT2D eigenvalue weighted by molar-refractivity contribution is 5.89. The van der Waals surface area contributed by atoms with E-state index in [9.17, 15) is 9.90 Å². The summed E-state index contributed by atoms with van der Waals surface area (Å²) in [7, 11) is 1.38. The number of aryl methyl sites for hydroxylation is 1. The van der Waals surface area contributed by atoms with E-state index in [2.05, 4.69) is 36.2 Å². The molecule has 0 aliphatic heterocycles. The molecule has 0 unspecified atom stereocenters. The Morgan fingerprint density at radius 2 is 1.96 bits per heavy atom. The third-order valence-corrected chi connectivity index (χ3v) is 4.44. The fourth-order valence-corrected chi connectivity index (χ4v) is 3.20. The number of esters is 1. The molecule has 0 fully saturated rings. The molecule has 0 spiro atoms. The van der Waals surface area contributed by atoms with Gasteiger partial charge in [0.15, 0.2) is 0 Å². The molecule has 3 aromatic rings. The summed E-state index contributed by atoms with van der Waals surface area (Å²) in [6.07, 6.45) is 0.853. The number of H-pyrrole nitrogens is 1. The van der Waals surface area contributed by atoms with Gasteiger partial charge in [-0.05, 0) is 46.7 Å². The minimum absolute atomic E-state index is 0.194. The molecule has 0 amide bonds. The number of carbonyl (C=O) groups is 1. The number of phenols is 1. The van der Waals surface area contributed by atoms with E-state index >= 15 is 0 Å². The van der Waals surface area contributed by atoms with Gasteiger partial charge in [-0.25, -0.2) is 0 Å². The second-order valence-corrected chi connectivity index (χ2v) is 7.37. The molecule has 26 heavy (non-hydrogen) atoms. The molecule has 0 aliphatic rings. The number of nitrogens with zero attached hydrogens (tertiary/aromatic N) is 2. The zero-order valence-corrected chi connectivity index (χ0v) is 15.5. The lowest BCUT2D eigenvalue weighted by atomic mass is 9.80. The predicted molar refractivity (Wildman–Crippen MR) is 100 cm³/mol. The molecule has 1 aromatic heterocycles. The Morgan fingerprint density at radius 1 is 1.19 bits per heavy atom. The van der Waals surface area contributed by atoms with Crippen molar-refractivity contribution < 1.29 is 14.6 Å². The number of phenolic OH excluding ortho intramolecular Hbond substituents is 1. The molecule has 0 bridgehead atoms. The van der Waals surface area contributed by atoms with Crippen molar-refractivity contribution in [3.05, 3.63) is 41.5 Å². The van der Waals surface area contributed by atoms with Crippen LogP contribution in [-0.2, 0) is 21.4 Å². The van der Waals surface area contributed by atoms with Crippen LogP contribution in [0.5, 0.6) is 5.75 Å². The zero-order chi connectivity index (χ0) is 18.9. The van der Waals surface area contributed by atoms with Crippen LogP contribution in [0.25, 0.3) is 22.2 Å². The molecule has 0 radical (unpaired) electrons. The molecule has 136 valence electrons. The van der Waals surface area contributed by atoms with Crippen molar-refractivity contribution in [2.75, 3.05) is 7.11 Å². The van der Waals surface area contributed by atoms with Crippen LogP contribution in [0.3, 0.4) is 0 Å². The average Bonchev–Trinajstić information content (AvgIpc) is 3.07. The van der Waals surface area contributed by atoms with Gasteiger partial charge in [0.25, 0.3) is 0 Å². The van der Waals surface area contributed by atoms with Gasteiger partial charge in [0.1, 0.15) is 11.3 Å². The minimum atomic E-state index is -0.251. The maximum Gasteiger partial charge on any atom is 0.305 e. The molecule has 6 nitrogen and oxygen atoms in total. The number of hydrogen-bond donors (Lipinski definition) is 2. The first-order valence-corrected chi connectivity index (χ1v) is 8.54. The van der Waals surface area contributed by atoms with Crippen molar-refractivity contribution in [2.45, 2.75) is 39.0 Å². The van der Waals surface area contributed by atoms with Gasteiger partial charge in [-0.1, -0.05) is 38.1 Å². The number of aromatic hydroxyl groups is 1. The van der Waals surface area contributed by atoms with E-state index in [1.54, 1.807) is 6.07 Å². The van der Waals surface area contributed by atoms with Crippen molar-refractivity contribution >= 4 is 17.0 Å². The van der Waals surface area contributed by atoms with E-state index in [0.717, 1.165) is 33.3 Å². The Labute approximate surface area is 152 Å². The number of hydrogen-bond acceptors (Lipinski definition) is 5. The van der Waals surface area contributed by atoms with Gasteiger partial charge >= 0.3 is 5.97 Å². The van der Waals surface area contributed by atoms with Crippen LogP contribution in [-0.4, -0.2) is 33.6 Å². The summed E-state index contributed by atoms with van der Waals surface area (Å²) in [4.78, 5) is 11.4. The lowest BCUT2D eigenvalue weighted by molar-refractivity contribution is -0.140. The minimum Gasteiger partial charge on any atom is -0.507 e. The van der Waals surface area contributed by atoms with Crippen molar-refractivity contribution in [2.24, 2.45) is 0 Å². The van der Waals surface area contributed by atoms with Crippen LogP contribution in [0.2, 0.25) is 0 Å². The van der Waals surface area contributed by atoms with Gasteiger partial charge in [-0.2, -0.15) is 0 Å². The highest BCUT2D eigenvalue weighted by atomic mass is 16.5. The van der Waals surface area contributed by atoms with E-state index in [1.807, 2.05) is 24.3 Å². The Balaban J connectivity index is 2.13. The Morgan fingerprint density at radius 3 is 2.65 bits per heavy atom. The maximum absolute atomic E-state index is 11.4. The van der Waals surface area contributed by atoms with E-state index < -0.39 is 0 Å². The average molecular weight is 353 g/mol. The van der Waals surface area contributed by atoms with Crippen LogP contribution in [0.15, 0.2) is 30.3 Å². The first-order chi connectivity index (χ1) is 12.3. The van der Waals surface area contributed by atoms with Crippen LogP contribution in [0.4, 0.5) is 0 Å². The van der Waals surface area contributed by atoms with Crippen LogP contribution < -0.4 is 0 Å².